The number of aryl methyl sites for hydroxylation is 1. The smallest absolute Gasteiger partial charge is 0.246 e. The van der Waals surface area contributed by atoms with E-state index >= 15 is 0 Å². The summed E-state index contributed by atoms with van der Waals surface area (Å²) >= 11 is 0. The molecule has 7 nitrogen and oxygen atoms in total. The number of rotatable bonds is 7. The molecule has 1 aliphatic heterocycles. The van der Waals surface area contributed by atoms with Crippen LogP contribution in [0.1, 0.15) is 11.3 Å². The summed E-state index contributed by atoms with van der Waals surface area (Å²) in [6.45, 7) is 2.99. The van der Waals surface area contributed by atoms with Crippen molar-refractivity contribution >= 4 is 12.0 Å². The van der Waals surface area contributed by atoms with Crippen LogP contribution in [-0.2, 0) is 4.79 Å². The molecule has 1 fully saturated rings. The van der Waals surface area contributed by atoms with Gasteiger partial charge in [0.2, 0.25) is 17.5 Å². The lowest BCUT2D eigenvalue weighted by Gasteiger charge is -2.38. The molecule has 28 heavy (non-hydrogen) atoms. The van der Waals surface area contributed by atoms with E-state index in [-0.39, 0.29) is 12.0 Å². The summed E-state index contributed by atoms with van der Waals surface area (Å²) in [7, 11) is 4.66. The molecule has 0 N–H and O–H groups in total. The molecule has 0 spiro atoms. The van der Waals surface area contributed by atoms with Crippen molar-refractivity contribution in [2.45, 2.75) is 13.0 Å². The van der Waals surface area contributed by atoms with Gasteiger partial charge in [0.25, 0.3) is 0 Å². The molecule has 0 aliphatic carbocycles. The van der Waals surface area contributed by atoms with Gasteiger partial charge in [0.15, 0.2) is 11.5 Å². The molecule has 0 atom stereocenters. The zero-order chi connectivity index (χ0) is 20.1. The van der Waals surface area contributed by atoms with Gasteiger partial charge in [-0.3, -0.25) is 4.79 Å². The number of likely N-dealkylation sites (tertiary alicyclic amines) is 1. The largest absolute Gasteiger partial charge is 0.493 e. The highest BCUT2D eigenvalue weighted by atomic mass is 16.5. The van der Waals surface area contributed by atoms with Crippen molar-refractivity contribution in [2.24, 2.45) is 0 Å². The molecule has 3 rings (SSSR count). The SMILES string of the molecule is COc1cc(/C=C/C(=O)N2CC(Oc3cccc(C)n3)C2)cc(OC)c1OC. The minimum Gasteiger partial charge on any atom is -0.493 e. The molecule has 0 bridgehead atoms. The summed E-state index contributed by atoms with van der Waals surface area (Å²) in [5, 5.41) is 0. The van der Waals surface area contributed by atoms with Crippen LogP contribution in [0.2, 0.25) is 0 Å². The van der Waals surface area contributed by atoms with E-state index in [1.165, 1.54) is 6.08 Å². The second-order valence-electron chi connectivity index (χ2n) is 6.39. The average molecular weight is 384 g/mol. The van der Waals surface area contributed by atoms with Gasteiger partial charge in [-0.1, -0.05) is 6.07 Å². The maximum absolute atomic E-state index is 12.4. The van der Waals surface area contributed by atoms with E-state index in [0.717, 1.165) is 11.3 Å². The van der Waals surface area contributed by atoms with Crippen molar-refractivity contribution in [1.29, 1.82) is 0 Å². The van der Waals surface area contributed by atoms with Crippen molar-refractivity contribution in [3.05, 3.63) is 47.7 Å². The van der Waals surface area contributed by atoms with Gasteiger partial charge in [-0.25, -0.2) is 4.98 Å². The average Bonchev–Trinajstić information content (AvgIpc) is 2.67. The summed E-state index contributed by atoms with van der Waals surface area (Å²) in [6, 6.07) is 9.21. The Bertz CT molecular complexity index is 850. The fourth-order valence-corrected chi connectivity index (χ4v) is 2.92. The number of hydrogen-bond donors (Lipinski definition) is 0. The summed E-state index contributed by atoms with van der Waals surface area (Å²) in [6.07, 6.45) is 3.22. The molecular weight excluding hydrogens is 360 g/mol. The van der Waals surface area contributed by atoms with E-state index < -0.39 is 0 Å². The van der Waals surface area contributed by atoms with Gasteiger partial charge in [0.05, 0.1) is 34.4 Å². The Labute approximate surface area is 164 Å². The molecule has 0 saturated carbocycles. The van der Waals surface area contributed by atoms with Crippen LogP contribution < -0.4 is 18.9 Å². The Balaban J connectivity index is 1.59. The van der Waals surface area contributed by atoms with E-state index in [0.29, 0.717) is 36.2 Å². The second kappa shape index (κ2) is 8.65. The lowest BCUT2D eigenvalue weighted by atomic mass is 10.1. The molecule has 2 aromatic rings. The van der Waals surface area contributed by atoms with Gasteiger partial charge in [-0.05, 0) is 36.8 Å². The van der Waals surface area contributed by atoms with Gasteiger partial charge in [0, 0.05) is 17.8 Å². The van der Waals surface area contributed by atoms with E-state index in [9.17, 15) is 4.79 Å². The number of methoxy groups -OCH3 is 3. The minimum atomic E-state index is -0.0780. The van der Waals surface area contributed by atoms with Crippen molar-refractivity contribution in [3.63, 3.8) is 0 Å². The topological polar surface area (TPSA) is 70.1 Å². The predicted molar refractivity (Wildman–Crippen MR) is 105 cm³/mol. The van der Waals surface area contributed by atoms with E-state index in [4.69, 9.17) is 18.9 Å². The third-order valence-electron chi connectivity index (χ3n) is 4.42. The lowest BCUT2D eigenvalue weighted by Crippen LogP contribution is -2.55. The normalized spacial score (nSPS) is 13.9. The second-order valence-corrected chi connectivity index (χ2v) is 6.39. The highest BCUT2D eigenvalue weighted by Crippen LogP contribution is 2.38. The van der Waals surface area contributed by atoms with Crippen LogP contribution in [0, 0.1) is 6.92 Å². The molecular formula is C21H24N2O5. The fraction of sp³-hybridized carbons (Fsp3) is 0.333. The zero-order valence-electron chi connectivity index (χ0n) is 16.5. The third kappa shape index (κ3) is 4.36. The Morgan fingerprint density at radius 1 is 1.11 bits per heavy atom. The maximum Gasteiger partial charge on any atom is 0.246 e. The molecule has 2 heterocycles. The highest BCUT2D eigenvalue weighted by molar-refractivity contribution is 5.92. The quantitative estimate of drug-likeness (QED) is 0.684. The van der Waals surface area contributed by atoms with Crippen LogP contribution in [0.3, 0.4) is 0 Å². The fourth-order valence-electron chi connectivity index (χ4n) is 2.92. The summed E-state index contributed by atoms with van der Waals surface area (Å²) in [5.74, 6) is 2.10. The first-order valence-electron chi connectivity index (χ1n) is 8.91. The number of benzene rings is 1. The number of carbonyl (C=O) groups excluding carboxylic acids is 1. The van der Waals surface area contributed by atoms with Crippen molar-refractivity contribution in [3.8, 4) is 23.1 Å². The van der Waals surface area contributed by atoms with E-state index in [2.05, 4.69) is 4.98 Å². The van der Waals surface area contributed by atoms with Crippen LogP contribution >= 0.6 is 0 Å². The first-order chi connectivity index (χ1) is 13.5. The van der Waals surface area contributed by atoms with Gasteiger partial charge in [-0.2, -0.15) is 0 Å². The van der Waals surface area contributed by atoms with Gasteiger partial charge < -0.3 is 23.8 Å². The molecule has 1 aromatic heterocycles. The van der Waals surface area contributed by atoms with E-state index in [1.807, 2.05) is 25.1 Å². The molecule has 1 aliphatic rings. The number of ether oxygens (including phenoxy) is 4. The standard InChI is InChI=1S/C21H24N2O5/c1-14-6-5-7-19(22-14)28-16-12-23(13-16)20(24)9-8-15-10-17(25-2)21(27-4)18(11-15)26-3/h5-11,16H,12-13H2,1-4H3/b9-8+. The number of nitrogens with zero attached hydrogens (tertiary/aromatic N) is 2. The lowest BCUT2D eigenvalue weighted by molar-refractivity contribution is -0.134. The Kier molecular flexibility index (Phi) is 6.03. The van der Waals surface area contributed by atoms with Crippen LogP contribution in [0.5, 0.6) is 23.1 Å². The van der Waals surface area contributed by atoms with Crippen molar-refractivity contribution < 1.29 is 23.7 Å². The third-order valence-corrected chi connectivity index (χ3v) is 4.42. The summed E-state index contributed by atoms with van der Waals surface area (Å²) in [4.78, 5) is 18.4. The van der Waals surface area contributed by atoms with Crippen LogP contribution in [0.15, 0.2) is 36.4 Å². The maximum atomic E-state index is 12.4. The molecule has 7 heteroatoms. The monoisotopic (exact) mass is 384 g/mol. The van der Waals surface area contributed by atoms with Gasteiger partial charge in [-0.15, -0.1) is 0 Å². The zero-order valence-corrected chi connectivity index (χ0v) is 16.5. The molecule has 0 unspecified atom stereocenters. The molecule has 148 valence electrons. The van der Waals surface area contributed by atoms with Crippen LogP contribution in [0.25, 0.3) is 6.08 Å². The van der Waals surface area contributed by atoms with Gasteiger partial charge >= 0.3 is 0 Å². The van der Waals surface area contributed by atoms with Crippen LogP contribution in [-0.4, -0.2) is 56.3 Å². The number of pyridine rings is 1. The van der Waals surface area contributed by atoms with Crippen LogP contribution in [0.4, 0.5) is 0 Å². The first kappa shape index (κ1) is 19.5. The number of carbonyl (C=O) groups is 1. The Morgan fingerprint density at radius 2 is 1.79 bits per heavy atom. The molecule has 1 saturated heterocycles. The first-order valence-corrected chi connectivity index (χ1v) is 8.91. The molecule has 0 radical (unpaired) electrons. The number of amides is 1. The Hall–Kier alpha value is -3.22. The van der Waals surface area contributed by atoms with E-state index in [1.54, 1.807) is 44.4 Å². The van der Waals surface area contributed by atoms with Gasteiger partial charge in [0.1, 0.15) is 6.10 Å². The highest BCUT2D eigenvalue weighted by Gasteiger charge is 2.31. The molecule has 1 aromatic carbocycles. The number of aromatic nitrogens is 1. The minimum absolute atomic E-state index is 0.0344. The Morgan fingerprint density at radius 3 is 2.36 bits per heavy atom. The summed E-state index contributed by atoms with van der Waals surface area (Å²) < 4.78 is 21.7. The number of hydrogen-bond acceptors (Lipinski definition) is 6. The molecule has 1 amide bonds. The van der Waals surface area contributed by atoms with Crippen molar-refractivity contribution in [2.75, 3.05) is 34.4 Å². The summed E-state index contributed by atoms with van der Waals surface area (Å²) in [5.41, 5.74) is 1.68. The van der Waals surface area contributed by atoms with Crippen molar-refractivity contribution in [1.82, 2.24) is 9.88 Å². The predicted octanol–water partition coefficient (Wildman–Crippen LogP) is 2.72.